The molecule has 0 bridgehead atoms. The Hall–Kier alpha value is -2.27. The highest BCUT2D eigenvalue weighted by atomic mass is 15.3. The summed E-state index contributed by atoms with van der Waals surface area (Å²) in [6, 6.07) is 10.5. The molecule has 3 heterocycles. The van der Waals surface area contributed by atoms with E-state index in [4.69, 9.17) is 0 Å². The van der Waals surface area contributed by atoms with Gasteiger partial charge in [-0.2, -0.15) is 0 Å². The van der Waals surface area contributed by atoms with Crippen LogP contribution in [0.1, 0.15) is 18.8 Å². The minimum Gasteiger partial charge on any atom is -0.308 e. The van der Waals surface area contributed by atoms with Crippen LogP contribution in [0.2, 0.25) is 0 Å². The van der Waals surface area contributed by atoms with Crippen LogP contribution in [0, 0.1) is 0 Å². The first-order valence-corrected chi connectivity index (χ1v) is 6.84. The number of nitrogens with one attached hydrogen (secondary N) is 1. The van der Waals surface area contributed by atoms with Crippen molar-refractivity contribution in [1.29, 1.82) is 0 Å². The number of fused-ring (bicyclic) bond motifs is 2. The molecule has 0 radical (unpaired) electrons. The van der Waals surface area contributed by atoms with Crippen molar-refractivity contribution >= 4 is 10.9 Å². The molecule has 1 aliphatic heterocycles. The number of hydrogen-bond acceptors (Lipinski definition) is 4. The van der Waals surface area contributed by atoms with E-state index < -0.39 is 0 Å². The molecule has 2 aromatic heterocycles. The second kappa shape index (κ2) is 4.38. The molecular weight excluding hydrogens is 250 g/mol. The van der Waals surface area contributed by atoms with Gasteiger partial charge in [-0.25, -0.2) is 0 Å². The summed E-state index contributed by atoms with van der Waals surface area (Å²) < 4.78 is 2.21. The van der Waals surface area contributed by atoms with E-state index >= 15 is 0 Å². The number of benzene rings is 1. The normalized spacial score (nSPS) is 18.1. The lowest BCUT2D eigenvalue weighted by Gasteiger charge is -2.21. The second-order valence-corrected chi connectivity index (χ2v) is 5.12. The molecule has 1 aromatic carbocycles. The number of aromatic nitrogens is 4. The molecule has 4 rings (SSSR count). The second-order valence-electron chi connectivity index (χ2n) is 5.12. The maximum absolute atomic E-state index is 4.38. The average molecular weight is 265 g/mol. The zero-order chi connectivity index (χ0) is 13.5. The number of hydrogen-bond donors (Lipinski definition) is 1. The Balaban J connectivity index is 1.87. The van der Waals surface area contributed by atoms with Crippen molar-refractivity contribution in [3.63, 3.8) is 0 Å². The highest BCUT2D eigenvalue weighted by Gasteiger charge is 2.21. The van der Waals surface area contributed by atoms with Gasteiger partial charge < -0.3 is 9.88 Å². The van der Waals surface area contributed by atoms with Crippen LogP contribution in [-0.4, -0.2) is 26.3 Å². The van der Waals surface area contributed by atoms with Crippen LogP contribution in [0.15, 0.2) is 36.5 Å². The smallest absolute Gasteiger partial charge is 0.164 e. The van der Waals surface area contributed by atoms with Crippen LogP contribution in [0.3, 0.4) is 0 Å². The van der Waals surface area contributed by atoms with E-state index in [0.29, 0.717) is 0 Å². The van der Waals surface area contributed by atoms with Crippen molar-refractivity contribution in [2.24, 2.45) is 0 Å². The van der Waals surface area contributed by atoms with E-state index in [1.54, 1.807) is 0 Å². The number of nitrogens with zero attached hydrogens (tertiary/aromatic N) is 4. The molecule has 0 spiro atoms. The van der Waals surface area contributed by atoms with Crippen molar-refractivity contribution in [1.82, 2.24) is 25.1 Å². The van der Waals surface area contributed by atoms with Gasteiger partial charge in [-0.15, -0.1) is 10.2 Å². The monoisotopic (exact) mass is 265 g/mol. The first kappa shape index (κ1) is 11.5. The Morgan fingerprint density at radius 3 is 3.15 bits per heavy atom. The standard InChI is InChI=1S/C15H15N5/c1-10-14-18-19-15(20(14)8-7-16-10)12-4-5-13-11(9-12)3-2-6-17-13/h2-6,9-10,16H,7-8H2,1H3. The lowest BCUT2D eigenvalue weighted by molar-refractivity contribution is 0.439. The molecule has 0 aliphatic carbocycles. The molecule has 0 saturated heterocycles. The summed E-state index contributed by atoms with van der Waals surface area (Å²) in [6.45, 7) is 3.98. The van der Waals surface area contributed by atoms with Gasteiger partial charge in [0.05, 0.1) is 11.6 Å². The molecular formula is C15H15N5. The van der Waals surface area contributed by atoms with E-state index in [1.807, 2.05) is 18.3 Å². The van der Waals surface area contributed by atoms with Crippen molar-refractivity contribution in [2.75, 3.05) is 6.54 Å². The van der Waals surface area contributed by atoms with Gasteiger partial charge in [-0.1, -0.05) is 6.07 Å². The van der Waals surface area contributed by atoms with Gasteiger partial charge in [-0.05, 0) is 31.2 Å². The van der Waals surface area contributed by atoms with Gasteiger partial charge in [0.2, 0.25) is 0 Å². The first-order chi connectivity index (χ1) is 9.83. The van der Waals surface area contributed by atoms with Gasteiger partial charge in [0.1, 0.15) is 5.82 Å². The Morgan fingerprint density at radius 2 is 2.20 bits per heavy atom. The molecule has 5 nitrogen and oxygen atoms in total. The van der Waals surface area contributed by atoms with Crippen LogP contribution >= 0.6 is 0 Å². The molecule has 20 heavy (non-hydrogen) atoms. The number of pyridine rings is 1. The molecule has 1 unspecified atom stereocenters. The minimum absolute atomic E-state index is 0.257. The average Bonchev–Trinajstić information content (AvgIpc) is 2.92. The molecule has 1 N–H and O–H groups in total. The summed E-state index contributed by atoms with van der Waals surface area (Å²) in [5.74, 6) is 1.96. The van der Waals surface area contributed by atoms with E-state index in [0.717, 1.165) is 41.2 Å². The fourth-order valence-electron chi connectivity index (χ4n) is 2.77. The van der Waals surface area contributed by atoms with E-state index in [9.17, 15) is 0 Å². The third-order valence-corrected chi connectivity index (χ3v) is 3.81. The molecule has 100 valence electrons. The Labute approximate surface area is 116 Å². The third kappa shape index (κ3) is 1.71. The van der Waals surface area contributed by atoms with E-state index in [2.05, 4.69) is 50.2 Å². The lowest BCUT2D eigenvalue weighted by atomic mass is 10.1. The third-order valence-electron chi connectivity index (χ3n) is 3.81. The van der Waals surface area contributed by atoms with Crippen LogP contribution in [0.5, 0.6) is 0 Å². The topological polar surface area (TPSA) is 55.6 Å². The fourth-order valence-corrected chi connectivity index (χ4v) is 2.77. The molecule has 0 fully saturated rings. The predicted octanol–water partition coefficient (Wildman–Crippen LogP) is 2.16. The Kier molecular flexibility index (Phi) is 2.53. The largest absolute Gasteiger partial charge is 0.308 e. The Morgan fingerprint density at radius 1 is 1.25 bits per heavy atom. The van der Waals surface area contributed by atoms with Crippen LogP contribution in [-0.2, 0) is 6.54 Å². The predicted molar refractivity (Wildman–Crippen MR) is 77.2 cm³/mol. The zero-order valence-electron chi connectivity index (χ0n) is 11.2. The molecule has 1 atom stereocenters. The molecule has 3 aromatic rings. The summed E-state index contributed by atoms with van der Waals surface area (Å²) in [5, 5.41) is 13.2. The molecule has 5 heteroatoms. The summed E-state index contributed by atoms with van der Waals surface area (Å²) in [5.41, 5.74) is 2.10. The van der Waals surface area contributed by atoms with Crippen LogP contribution in [0.4, 0.5) is 0 Å². The van der Waals surface area contributed by atoms with Gasteiger partial charge in [0.15, 0.2) is 5.82 Å². The quantitative estimate of drug-likeness (QED) is 0.732. The fraction of sp³-hybridized carbons (Fsp3) is 0.267. The van der Waals surface area contributed by atoms with Crippen molar-refractivity contribution < 1.29 is 0 Å². The summed E-state index contributed by atoms with van der Waals surface area (Å²) >= 11 is 0. The maximum atomic E-state index is 4.38. The molecule has 0 amide bonds. The minimum atomic E-state index is 0.257. The highest BCUT2D eigenvalue weighted by Crippen LogP contribution is 2.25. The van der Waals surface area contributed by atoms with Crippen molar-refractivity contribution in [2.45, 2.75) is 19.5 Å². The zero-order valence-corrected chi connectivity index (χ0v) is 11.2. The SMILES string of the molecule is CC1NCCn2c(-c3ccc4ncccc4c3)nnc21. The first-order valence-electron chi connectivity index (χ1n) is 6.84. The van der Waals surface area contributed by atoms with Gasteiger partial charge in [-0.3, -0.25) is 4.98 Å². The molecule has 1 aliphatic rings. The highest BCUT2D eigenvalue weighted by molar-refractivity contribution is 5.83. The van der Waals surface area contributed by atoms with Gasteiger partial charge in [0.25, 0.3) is 0 Å². The maximum Gasteiger partial charge on any atom is 0.164 e. The van der Waals surface area contributed by atoms with Gasteiger partial charge >= 0.3 is 0 Å². The lowest BCUT2D eigenvalue weighted by Crippen LogP contribution is -2.32. The number of rotatable bonds is 1. The summed E-state index contributed by atoms with van der Waals surface area (Å²) in [7, 11) is 0. The van der Waals surface area contributed by atoms with E-state index in [-0.39, 0.29) is 6.04 Å². The summed E-state index contributed by atoms with van der Waals surface area (Å²) in [6.07, 6.45) is 1.81. The molecule has 0 saturated carbocycles. The van der Waals surface area contributed by atoms with Crippen molar-refractivity contribution in [3.8, 4) is 11.4 Å². The van der Waals surface area contributed by atoms with E-state index in [1.165, 1.54) is 0 Å². The summed E-state index contributed by atoms with van der Waals surface area (Å²) in [4.78, 5) is 4.35. The Bertz CT molecular complexity index is 777. The van der Waals surface area contributed by atoms with Crippen LogP contribution in [0.25, 0.3) is 22.3 Å². The van der Waals surface area contributed by atoms with Crippen LogP contribution < -0.4 is 5.32 Å². The van der Waals surface area contributed by atoms with Crippen molar-refractivity contribution in [3.05, 3.63) is 42.4 Å². The van der Waals surface area contributed by atoms with Gasteiger partial charge in [0, 0.05) is 30.2 Å².